The lowest BCUT2D eigenvalue weighted by Crippen LogP contribution is -2.36. The zero-order valence-corrected chi connectivity index (χ0v) is 15.8. The third kappa shape index (κ3) is 8.19. The van der Waals surface area contributed by atoms with Crippen LogP contribution in [-0.2, 0) is 11.3 Å². The lowest BCUT2D eigenvalue weighted by molar-refractivity contribution is 0.0693. The van der Waals surface area contributed by atoms with Crippen molar-refractivity contribution in [3.63, 3.8) is 0 Å². The van der Waals surface area contributed by atoms with Gasteiger partial charge in [-0.05, 0) is 50.7 Å². The molecule has 5 nitrogen and oxygen atoms in total. The van der Waals surface area contributed by atoms with Gasteiger partial charge in [-0.1, -0.05) is 25.0 Å². The number of ether oxygens (including phenoxy) is 2. The van der Waals surface area contributed by atoms with Crippen LogP contribution < -0.4 is 4.74 Å². The van der Waals surface area contributed by atoms with E-state index < -0.39 is 6.10 Å². The van der Waals surface area contributed by atoms with Crippen LogP contribution in [0.25, 0.3) is 0 Å². The molecule has 1 atom stereocenters. The largest absolute Gasteiger partial charge is 0.491 e. The molecule has 1 saturated heterocycles. The van der Waals surface area contributed by atoms with Gasteiger partial charge in [-0.2, -0.15) is 0 Å². The van der Waals surface area contributed by atoms with Crippen LogP contribution >= 0.6 is 0 Å². The summed E-state index contributed by atoms with van der Waals surface area (Å²) in [4.78, 5) is 4.58. The fraction of sp³-hybridized carbons (Fsp3) is 0.700. The van der Waals surface area contributed by atoms with Gasteiger partial charge in [-0.15, -0.1) is 0 Å². The van der Waals surface area contributed by atoms with Gasteiger partial charge in [0.25, 0.3) is 0 Å². The lowest BCUT2D eigenvalue weighted by atomic mass is 10.2. The van der Waals surface area contributed by atoms with Gasteiger partial charge >= 0.3 is 0 Å². The molecule has 5 heteroatoms. The van der Waals surface area contributed by atoms with Gasteiger partial charge in [-0.25, -0.2) is 0 Å². The van der Waals surface area contributed by atoms with Crippen LogP contribution in [0.5, 0.6) is 5.75 Å². The molecule has 0 bridgehead atoms. The molecular weight excluding hydrogens is 316 g/mol. The summed E-state index contributed by atoms with van der Waals surface area (Å²) < 4.78 is 10.9. The molecule has 0 spiro atoms. The van der Waals surface area contributed by atoms with Gasteiger partial charge in [0.15, 0.2) is 0 Å². The maximum absolute atomic E-state index is 10.3. The second-order valence-electron chi connectivity index (χ2n) is 7.06. The quantitative estimate of drug-likeness (QED) is 0.702. The second-order valence-corrected chi connectivity index (χ2v) is 7.06. The van der Waals surface area contributed by atoms with Crippen molar-refractivity contribution < 1.29 is 14.6 Å². The zero-order chi connectivity index (χ0) is 17.9. The molecule has 0 aliphatic carbocycles. The molecule has 1 N–H and O–H groups in total. The standard InChI is InChI=1S/C20H34N2O3/c1-21(12-13-24-2)15-18-8-7-9-20(14-18)25-17-19(23)16-22-10-5-3-4-6-11-22/h7-9,14,19,23H,3-6,10-13,15-17H2,1-2H3/t19-/m0/s1. The minimum atomic E-state index is -0.439. The van der Waals surface area contributed by atoms with Crippen molar-refractivity contribution in [2.24, 2.45) is 0 Å². The highest BCUT2D eigenvalue weighted by Crippen LogP contribution is 2.15. The average molecular weight is 351 g/mol. The Bertz CT molecular complexity index is 476. The molecule has 1 fully saturated rings. The molecule has 0 amide bonds. The molecule has 0 unspecified atom stereocenters. The molecule has 142 valence electrons. The van der Waals surface area contributed by atoms with E-state index in [1.165, 1.54) is 31.2 Å². The Morgan fingerprint density at radius 3 is 2.68 bits per heavy atom. The van der Waals surface area contributed by atoms with Crippen molar-refractivity contribution in [1.29, 1.82) is 0 Å². The van der Waals surface area contributed by atoms with Crippen LogP contribution in [-0.4, -0.2) is 74.6 Å². The van der Waals surface area contributed by atoms with Gasteiger partial charge in [0, 0.05) is 26.7 Å². The summed E-state index contributed by atoms with van der Waals surface area (Å²) in [7, 11) is 3.80. The fourth-order valence-electron chi connectivity index (χ4n) is 3.23. The first-order valence-electron chi connectivity index (χ1n) is 9.47. The lowest BCUT2D eigenvalue weighted by Gasteiger charge is -2.23. The third-order valence-corrected chi connectivity index (χ3v) is 4.64. The highest BCUT2D eigenvalue weighted by atomic mass is 16.5. The highest BCUT2D eigenvalue weighted by molar-refractivity contribution is 5.28. The van der Waals surface area contributed by atoms with Crippen LogP contribution in [0.2, 0.25) is 0 Å². The van der Waals surface area contributed by atoms with E-state index in [1.807, 2.05) is 12.1 Å². The zero-order valence-electron chi connectivity index (χ0n) is 15.8. The van der Waals surface area contributed by atoms with Gasteiger partial charge in [0.1, 0.15) is 18.5 Å². The van der Waals surface area contributed by atoms with Crippen LogP contribution in [0.3, 0.4) is 0 Å². The molecule has 0 saturated carbocycles. The van der Waals surface area contributed by atoms with Crippen molar-refractivity contribution in [3.05, 3.63) is 29.8 Å². The monoisotopic (exact) mass is 350 g/mol. The first kappa shape index (κ1) is 20.2. The first-order chi connectivity index (χ1) is 12.2. The van der Waals surface area contributed by atoms with E-state index in [0.717, 1.165) is 38.5 Å². The number of nitrogens with zero attached hydrogens (tertiary/aromatic N) is 2. The van der Waals surface area contributed by atoms with Crippen LogP contribution in [0.15, 0.2) is 24.3 Å². The van der Waals surface area contributed by atoms with Crippen molar-refractivity contribution in [1.82, 2.24) is 9.80 Å². The van der Waals surface area contributed by atoms with E-state index in [-0.39, 0.29) is 0 Å². The van der Waals surface area contributed by atoms with Crippen molar-refractivity contribution >= 4 is 0 Å². The summed E-state index contributed by atoms with van der Waals surface area (Å²) in [6.07, 6.45) is 4.67. The Labute approximate surface area is 152 Å². The second kappa shape index (κ2) is 11.5. The number of likely N-dealkylation sites (N-methyl/N-ethyl adjacent to an activating group) is 1. The summed E-state index contributed by atoms with van der Waals surface area (Å²) in [6.45, 7) is 5.74. The Morgan fingerprint density at radius 2 is 1.96 bits per heavy atom. The molecular formula is C20H34N2O3. The smallest absolute Gasteiger partial charge is 0.119 e. The number of hydrogen-bond acceptors (Lipinski definition) is 5. The summed E-state index contributed by atoms with van der Waals surface area (Å²) >= 11 is 0. The number of aliphatic hydroxyl groups is 1. The van der Waals surface area contributed by atoms with Crippen molar-refractivity contribution in [2.45, 2.75) is 38.3 Å². The molecule has 25 heavy (non-hydrogen) atoms. The van der Waals surface area contributed by atoms with Gasteiger partial charge in [0.2, 0.25) is 0 Å². The summed E-state index contributed by atoms with van der Waals surface area (Å²) in [5.74, 6) is 0.826. The summed E-state index contributed by atoms with van der Waals surface area (Å²) in [6, 6.07) is 8.12. The van der Waals surface area contributed by atoms with E-state index in [4.69, 9.17) is 9.47 Å². The molecule has 1 aromatic carbocycles. The van der Waals surface area contributed by atoms with Crippen molar-refractivity contribution in [3.8, 4) is 5.75 Å². The van der Waals surface area contributed by atoms with Crippen LogP contribution in [0, 0.1) is 0 Å². The number of benzene rings is 1. The number of aliphatic hydroxyl groups excluding tert-OH is 1. The van der Waals surface area contributed by atoms with E-state index in [0.29, 0.717) is 13.2 Å². The highest BCUT2D eigenvalue weighted by Gasteiger charge is 2.14. The Kier molecular flexibility index (Phi) is 9.26. The Hall–Kier alpha value is -1.14. The number of likely N-dealkylation sites (tertiary alicyclic amines) is 1. The fourth-order valence-corrected chi connectivity index (χ4v) is 3.23. The molecule has 1 heterocycles. The number of β-amino-alcohol motifs (C(OH)–C–C–N with tert-alkyl or cyclic N) is 1. The molecule has 2 rings (SSSR count). The summed E-state index contributed by atoms with van der Waals surface area (Å²) in [5.41, 5.74) is 1.21. The maximum atomic E-state index is 10.3. The predicted octanol–water partition coefficient (Wildman–Crippen LogP) is 2.38. The van der Waals surface area contributed by atoms with E-state index in [2.05, 4.69) is 29.0 Å². The molecule has 1 aromatic rings. The molecule has 1 aliphatic rings. The number of rotatable bonds is 10. The van der Waals surface area contributed by atoms with Gasteiger partial charge < -0.3 is 19.5 Å². The predicted molar refractivity (Wildman–Crippen MR) is 101 cm³/mol. The molecule has 0 aromatic heterocycles. The summed E-state index contributed by atoms with van der Waals surface area (Å²) in [5, 5.41) is 10.3. The van der Waals surface area contributed by atoms with Crippen LogP contribution in [0.4, 0.5) is 0 Å². The minimum Gasteiger partial charge on any atom is -0.491 e. The number of hydrogen-bond donors (Lipinski definition) is 1. The van der Waals surface area contributed by atoms with Crippen molar-refractivity contribution in [2.75, 3.05) is 53.6 Å². The SMILES string of the molecule is COCCN(C)Cc1cccc(OC[C@@H](O)CN2CCCCCC2)c1. The Morgan fingerprint density at radius 1 is 1.20 bits per heavy atom. The minimum absolute atomic E-state index is 0.347. The number of methoxy groups -OCH3 is 1. The van der Waals surface area contributed by atoms with Gasteiger partial charge in [-0.3, -0.25) is 4.90 Å². The third-order valence-electron chi connectivity index (χ3n) is 4.64. The molecule has 0 radical (unpaired) electrons. The first-order valence-corrected chi connectivity index (χ1v) is 9.47. The van der Waals surface area contributed by atoms with E-state index in [1.54, 1.807) is 7.11 Å². The Balaban J connectivity index is 1.75. The van der Waals surface area contributed by atoms with E-state index in [9.17, 15) is 5.11 Å². The van der Waals surface area contributed by atoms with E-state index >= 15 is 0 Å². The molecule has 1 aliphatic heterocycles. The van der Waals surface area contributed by atoms with Crippen LogP contribution in [0.1, 0.15) is 31.2 Å². The maximum Gasteiger partial charge on any atom is 0.119 e. The average Bonchev–Trinajstić information content (AvgIpc) is 2.87. The topological polar surface area (TPSA) is 45.2 Å². The normalized spacial score (nSPS) is 17.4. The van der Waals surface area contributed by atoms with Gasteiger partial charge in [0.05, 0.1) is 6.61 Å².